The molecule has 0 radical (unpaired) electrons. The van der Waals surface area contributed by atoms with Gasteiger partial charge in [-0.15, -0.1) is 0 Å². The Kier molecular flexibility index (Phi) is 9.02. The van der Waals surface area contributed by atoms with Gasteiger partial charge >= 0.3 is 0 Å². The van der Waals surface area contributed by atoms with Crippen LogP contribution >= 0.6 is 0 Å². The number of primary amides is 1. The van der Waals surface area contributed by atoms with Crippen LogP contribution in [0.4, 0.5) is 14.6 Å². The topological polar surface area (TPSA) is 144 Å². The van der Waals surface area contributed by atoms with Gasteiger partial charge in [-0.2, -0.15) is 0 Å². The molecule has 4 aromatic rings. The molecular formula is C30H31F2N5O6. The van der Waals surface area contributed by atoms with Crippen molar-refractivity contribution in [1.82, 2.24) is 14.9 Å². The van der Waals surface area contributed by atoms with Gasteiger partial charge in [-0.1, -0.05) is 0 Å². The number of nitrogen functional groups attached to an aromatic ring is 1. The second kappa shape index (κ2) is 13.0. The Bertz CT molecular complexity index is 1650. The Balaban J connectivity index is 1.40. The van der Waals surface area contributed by atoms with E-state index in [1.807, 2.05) is 0 Å². The smallest absolute Gasteiger partial charge is 0.254 e. The zero-order valence-electron chi connectivity index (χ0n) is 23.7. The standard InChI is InChI=1S/C30H31F2N5O6/c1-39-24-13-18-21(15-25(24)42-9-3-6-37-7-10-41-11-8-37)35-5-4-22(18)43-23-14-19(31)17(12-20(23)32)29-28(30(34)38)26(40-2)16-27(33)36-29/h4-5,12-16H,3,6-11H2,1-2H3,(H2,33,36)(H2,34,38). The number of hydrogen-bond acceptors (Lipinski definition) is 10. The number of carbonyl (C=O) groups is 1. The predicted octanol–water partition coefficient (Wildman–Crippen LogP) is 4.17. The highest BCUT2D eigenvalue weighted by Gasteiger charge is 2.24. The van der Waals surface area contributed by atoms with Crippen molar-refractivity contribution in [2.24, 2.45) is 5.73 Å². The van der Waals surface area contributed by atoms with Gasteiger partial charge in [0.2, 0.25) is 0 Å². The molecule has 0 saturated carbocycles. The number of methoxy groups -OCH3 is 2. The summed E-state index contributed by atoms with van der Waals surface area (Å²) in [6, 6.07) is 7.86. The average molecular weight is 596 g/mol. The maximum Gasteiger partial charge on any atom is 0.254 e. The second-order valence-corrected chi connectivity index (χ2v) is 9.69. The molecule has 226 valence electrons. The summed E-state index contributed by atoms with van der Waals surface area (Å²) in [5.41, 5.74) is 10.9. The van der Waals surface area contributed by atoms with Crippen molar-refractivity contribution in [2.45, 2.75) is 6.42 Å². The first-order chi connectivity index (χ1) is 20.8. The van der Waals surface area contributed by atoms with Crippen LogP contribution in [0.1, 0.15) is 16.8 Å². The number of benzene rings is 2. The van der Waals surface area contributed by atoms with Crippen molar-refractivity contribution < 1.29 is 37.3 Å². The fraction of sp³-hybridized carbons (Fsp3) is 0.300. The lowest BCUT2D eigenvalue weighted by Crippen LogP contribution is -2.37. The van der Waals surface area contributed by atoms with Gasteiger partial charge in [0.25, 0.3) is 5.91 Å². The van der Waals surface area contributed by atoms with Crippen molar-refractivity contribution in [3.63, 3.8) is 0 Å². The van der Waals surface area contributed by atoms with Crippen LogP contribution in [0.2, 0.25) is 0 Å². The molecule has 4 N–H and O–H groups in total. The number of halogens is 2. The third-order valence-corrected chi connectivity index (χ3v) is 6.93. The van der Waals surface area contributed by atoms with Gasteiger partial charge in [-0.25, -0.2) is 13.8 Å². The quantitative estimate of drug-likeness (QED) is 0.243. The molecule has 3 heterocycles. The van der Waals surface area contributed by atoms with E-state index in [1.54, 1.807) is 12.1 Å². The molecule has 2 aromatic heterocycles. The first-order valence-electron chi connectivity index (χ1n) is 13.5. The van der Waals surface area contributed by atoms with Crippen LogP contribution in [0.15, 0.2) is 42.6 Å². The molecule has 5 rings (SSSR count). The van der Waals surface area contributed by atoms with E-state index in [-0.39, 0.29) is 34.1 Å². The second-order valence-electron chi connectivity index (χ2n) is 9.69. The minimum absolute atomic E-state index is 0.0206. The predicted molar refractivity (Wildman–Crippen MR) is 155 cm³/mol. The number of morpholine rings is 1. The molecule has 0 unspecified atom stereocenters. The molecule has 2 aromatic carbocycles. The zero-order valence-corrected chi connectivity index (χ0v) is 23.7. The highest BCUT2D eigenvalue weighted by atomic mass is 19.1. The van der Waals surface area contributed by atoms with Gasteiger partial charge in [-0.3, -0.25) is 14.7 Å². The third kappa shape index (κ3) is 6.52. The number of anilines is 1. The zero-order chi connectivity index (χ0) is 30.5. The molecule has 0 aliphatic carbocycles. The molecule has 1 fully saturated rings. The van der Waals surface area contributed by atoms with Crippen LogP contribution in [0.5, 0.6) is 28.7 Å². The van der Waals surface area contributed by atoms with Crippen molar-refractivity contribution in [3.05, 3.63) is 59.8 Å². The Morgan fingerprint density at radius 3 is 2.47 bits per heavy atom. The summed E-state index contributed by atoms with van der Waals surface area (Å²) in [7, 11) is 2.79. The average Bonchev–Trinajstić information content (AvgIpc) is 3.00. The van der Waals surface area contributed by atoms with Gasteiger partial charge in [0.1, 0.15) is 28.7 Å². The molecule has 11 nitrogen and oxygen atoms in total. The summed E-state index contributed by atoms with van der Waals surface area (Å²) < 4.78 is 58.7. The van der Waals surface area contributed by atoms with Crippen LogP contribution in [0.3, 0.4) is 0 Å². The molecule has 0 bridgehead atoms. The maximum absolute atomic E-state index is 15.4. The Morgan fingerprint density at radius 2 is 1.74 bits per heavy atom. The lowest BCUT2D eigenvalue weighted by atomic mass is 10.0. The number of nitrogens with two attached hydrogens (primary N) is 2. The summed E-state index contributed by atoms with van der Waals surface area (Å²) in [6.07, 6.45) is 2.30. The molecule has 0 atom stereocenters. The van der Waals surface area contributed by atoms with E-state index < -0.39 is 23.3 Å². The highest BCUT2D eigenvalue weighted by Crippen LogP contribution is 2.39. The van der Waals surface area contributed by atoms with Gasteiger partial charge in [-0.05, 0) is 24.6 Å². The molecule has 1 aliphatic rings. The highest BCUT2D eigenvalue weighted by molar-refractivity contribution is 6.02. The van der Waals surface area contributed by atoms with Crippen LogP contribution in [-0.2, 0) is 4.74 Å². The van der Waals surface area contributed by atoms with Crippen molar-refractivity contribution >= 4 is 22.6 Å². The first kappa shape index (κ1) is 29.7. The van der Waals surface area contributed by atoms with E-state index in [2.05, 4.69) is 14.9 Å². The lowest BCUT2D eigenvalue weighted by molar-refractivity contribution is 0.0357. The SMILES string of the molecule is COc1cc2c(Oc3cc(F)c(-c4nc(N)cc(OC)c4C(N)=O)cc3F)ccnc2cc1OCCCN1CCOCC1. The van der Waals surface area contributed by atoms with Gasteiger partial charge in [0.05, 0.1) is 45.3 Å². The fourth-order valence-corrected chi connectivity index (χ4v) is 4.83. The Hall–Kier alpha value is -4.75. The number of fused-ring (bicyclic) bond motifs is 1. The summed E-state index contributed by atoms with van der Waals surface area (Å²) in [6.45, 7) is 4.64. The van der Waals surface area contributed by atoms with E-state index in [9.17, 15) is 4.79 Å². The number of aromatic nitrogens is 2. The normalized spacial score (nSPS) is 13.6. The summed E-state index contributed by atoms with van der Waals surface area (Å²) in [4.78, 5) is 22.8. The van der Waals surface area contributed by atoms with Crippen LogP contribution in [0.25, 0.3) is 22.2 Å². The molecule has 1 aliphatic heterocycles. The molecule has 13 heteroatoms. The number of nitrogens with zero attached hydrogens (tertiary/aromatic N) is 3. The van der Waals surface area contributed by atoms with E-state index in [0.717, 1.165) is 51.4 Å². The minimum atomic E-state index is -0.947. The largest absolute Gasteiger partial charge is 0.496 e. The molecular weight excluding hydrogens is 564 g/mol. The summed E-state index contributed by atoms with van der Waals surface area (Å²) >= 11 is 0. The Labute approximate surface area is 246 Å². The summed E-state index contributed by atoms with van der Waals surface area (Å²) in [5.74, 6) is -2.17. The monoisotopic (exact) mass is 595 g/mol. The lowest BCUT2D eigenvalue weighted by Gasteiger charge is -2.26. The van der Waals surface area contributed by atoms with Gasteiger partial charge in [0.15, 0.2) is 23.1 Å². The number of hydrogen-bond donors (Lipinski definition) is 2. The first-order valence-corrected chi connectivity index (χ1v) is 13.5. The Morgan fingerprint density at radius 1 is 0.977 bits per heavy atom. The number of rotatable bonds is 11. The van der Waals surface area contributed by atoms with Crippen LogP contribution in [-0.4, -0.2) is 74.4 Å². The van der Waals surface area contributed by atoms with Crippen molar-refractivity contribution in [2.75, 3.05) is 59.4 Å². The molecule has 1 saturated heterocycles. The summed E-state index contributed by atoms with van der Waals surface area (Å²) in [5, 5.41) is 0.488. The van der Waals surface area contributed by atoms with E-state index >= 15 is 8.78 Å². The molecule has 1 amide bonds. The van der Waals surface area contributed by atoms with Gasteiger partial charge < -0.3 is 35.2 Å². The van der Waals surface area contributed by atoms with Crippen LogP contribution in [0, 0.1) is 11.6 Å². The molecule has 0 spiro atoms. The fourth-order valence-electron chi connectivity index (χ4n) is 4.83. The maximum atomic E-state index is 15.4. The van der Waals surface area contributed by atoms with Crippen LogP contribution < -0.4 is 30.4 Å². The van der Waals surface area contributed by atoms with E-state index in [4.69, 9.17) is 35.2 Å². The van der Waals surface area contributed by atoms with Crippen molar-refractivity contribution in [1.29, 1.82) is 0 Å². The number of ether oxygens (including phenoxy) is 5. The minimum Gasteiger partial charge on any atom is -0.496 e. The van der Waals surface area contributed by atoms with Gasteiger partial charge in [0, 0.05) is 55.0 Å². The molecule has 43 heavy (non-hydrogen) atoms. The number of amides is 1. The van der Waals surface area contributed by atoms with Crippen molar-refractivity contribution in [3.8, 4) is 40.0 Å². The third-order valence-electron chi connectivity index (χ3n) is 6.93. The number of pyridine rings is 2. The van der Waals surface area contributed by atoms with E-state index in [1.165, 1.54) is 32.5 Å². The number of carbonyl (C=O) groups excluding carboxylic acids is 1. The van der Waals surface area contributed by atoms with E-state index in [0.29, 0.717) is 29.0 Å².